The van der Waals surface area contributed by atoms with E-state index in [1.165, 1.54) is 0 Å². The third kappa shape index (κ3) is 3.61. The number of aryl methyl sites for hydroxylation is 1. The fraction of sp³-hybridized carbons (Fsp3) is 0.261. The van der Waals surface area contributed by atoms with Gasteiger partial charge < -0.3 is 4.74 Å². The maximum atomic E-state index is 12.9. The molecule has 4 rings (SSSR count). The molecule has 0 saturated heterocycles. The van der Waals surface area contributed by atoms with Crippen LogP contribution in [0.15, 0.2) is 54.6 Å². The van der Waals surface area contributed by atoms with Crippen molar-refractivity contribution in [2.45, 2.75) is 38.7 Å². The molecule has 0 unspecified atom stereocenters. The molecule has 0 amide bonds. The second-order valence-corrected chi connectivity index (χ2v) is 7.04. The molecule has 1 saturated carbocycles. The fourth-order valence-corrected chi connectivity index (χ4v) is 3.48. The average Bonchev–Trinajstić information content (AvgIpc) is 2.69. The molecule has 1 aromatic heterocycles. The van der Waals surface area contributed by atoms with Gasteiger partial charge in [-0.15, -0.1) is 0 Å². The Hall–Kier alpha value is -3.01. The number of rotatable bonds is 3. The van der Waals surface area contributed by atoms with Crippen LogP contribution in [0.2, 0.25) is 0 Å². The van der Waals surface area contributed by atoms with E-state index in [4.69, 9.17) is 9.72 Å². The van der Waals surface area contributed by atoms with Crippen molar-refractivity contribution in [1.82, 2.24) is 4.98 Å². The molecule has 0 N–H and O–H groups in total. The zero-order valence-corrected chi connectivity index (χ0v) is 15.3. The average molecular weight is 359 g/mol. The molecule has 1 aliphatic carbocycles. The highest BCUT2D eigenvalue weighted by Gasteiger charge is 2.27. The zero-order valence-electron chi connectivity index (χ0n) is 15.3. The Kier molecular flexibility index (Phi) is 4.71. The van der Waals surface area contributed by atoms with Crippen molar-refractivity contribution in [2.24, 2.45) is 0 Å². The molecule has 3 aromatic rings. The van der Waals surface area contributed by atoms with Gasteiger partial charge in [0.05, 0.1) is 16.8 Å². The quantitative estimate of drug-likeness (QED) is 0.626. The highest BCUT2D eigenvalue weighted by Crippen LogP contribution is 2.27. The largest absolute Gasteiger partial charge is 0.451 e. The van der Waals surface area contributed by atoms with Crippen LogP contribution in [-0.4, -0.2) is 22.8 Å². The van der Waals surface area contributed by atoms with Crippen LogP contribution >= 0.6 is 0 Å². The number of pyridine rings is 1. The maximum Gasteiger partial charge on any atom is 0.339 e. The highest BCUT2D eigenvalue weighted by molar-refractivity contribution is 6.05. The van der Waals surface area contributed by atoms with Crippen LogP contribution in [0.4, 0.5) is 0 Å². The van der Waals surface area contributed by atoms with E-state index in [9.17, 15) is 9.59 Å². The minimum atomic E-state index is -0.624. The number of ether oxygens (including phenoxy) is 1. The molecule has 136 valence electrons. The van der Waals surface area contributed by atoms with E-state index in [2.05, 4.69) is 0 Å². The number of benzene rings is 2. The minimum absolute atomic E-state index is 0.0201. The molecule has 1 atom stereocenters. The molecule has 0 bridgehead atoms. The van der Waals surface area contributed by atoms with Gasteiger partial charge in [-0.25, -0.2) is 9.78 Å². The lowest BCUT2D eigenvalue weighted by Crippen LogP contribution is -2.30. The minimum Gasteiger partial charge on any atom is -0.451 e. The van der Waals surface area contributed by atoms with E-state index in [1.807, 2.05) is 55.5 Å². The van der Waals surface area contributed by atoms with Crippen LogP contribution < -0.4 is 0 Å². The maximum absolute atomic E-state index is 12.9. The van der Waals surface area contributed by atoms with Crippen molar-refractivity contribution in [3.05, 3.63) is 65.7 Å². The second kappa shape index (κ2) is 7.31. The second-order valence-electron chi connectivity index (χ2n) is 7.04. The van der Waals surface area contributed by atoms with Gasteiger partial charge in [-0.05, 0) is 38.3 Å². The van der Waals surface area contributed by atoms with Crippen LogP contribution in [0.3, 0.4) is 0 Å². The van der Waals surface area contributed by atoms with E-state index < -0.39 is 12.1 Å². The van der Waals surface area contributed by atoms with Crippen molar-refractivity contribution in [3.8, 4) is 11.3 Å². The number of aromatic nitrogens is 1. The van der Waals surface area contributed by atoms with Crippen molar-refractivity contribution in [3.63, 3.8) is 0 Å². The van der Waals surface area contributed by atoms with Gasteiger partial charge in [0.1, 0.15) is 0 Å². The van der Waals surface area contributed by atoms with Gasteiger partial charge in [-0.1, -0.05) is 48.0 Å². The Labute approximate surface area is 158 Å². The molecule has 0 aliphatic heterocycles. The summed E-state index contributed by atoms with van der Waals surface area (Å²) in [6.45, 7) is 2.03. The van der Waals surface area contributed by atoms with Crippen molar-refractivity contribution in [2.75, 3.05) is 0 Å². The van der Waals surface area contributed by atoms with Gasteiger partial charge in [0, 0.05) is 17.4 Å². The Bertz CT molecular complexity index is 1010. The van der Waals surface area contributed by atoms with E-state index in [0.29, 0.717) is 18.4 Å². The van der Waals surface area contributed by atoms with E-state index in [1.54, 1.807) is 6.07 Å². The van der Waals surface area contributed by atoms with Crippen LogP contribution in [0.5, 0.6) is 0 Å². The number of Topliss-reactive ketones (excluding diaryl/α,β-unsaturated/α-hetero) is 1. The van der Waals surface area contributed by atoms with Crippen molar-refractivity contribution in [1.29, 1.82) is 0 Å². The molecular formula is C23H21NO3. The molecule has 1 fully saturated rings. The zero-order chi connectivity index (χ0) is 18.8. The van der Waals surface area contributed by atoms with Crippen molar-refractivity contribution < 1.29 is 14.3 Å². The molecule has 0 spiro atoms. The van der Waals surface area contributed by atoms with E-state index in [-0.39, 0.29) is 5.78 Å². The lowest BCUT2D eigenvalue weighted by atomic mass is 9.96. The molecular weight excluding hydrogens is 338 g/mol. The third-order valence-corrected chi connectivity index (χ3v) is 5.03. The molecule has 27 heavy (non-hydrogen) atoms. The topological polar surface area (TPSA) is 56.3 Å². The molecule has 1 heterocycles. The van der Waals surface area contributed by atoms with Gasteiger partial charge in [0.2, 0.25) is 0 Å². The molecule has 4 nitrogen and oxygen atoms in total. The molecule has 0 radical (unpaired) electrons. The number of ketones is 1. The predicted octanol–water partition coefficient (Wildman–Crippen LogP) is 4.88. The predicted molar refractivity (Wildman–Crippen MR) is 105 cm³/mol. The van der Waals surface area contributed by atoms with E-state index >= 15 is 0 Å². The first kappa shape index (κ1) is 17.4. The van der Waals surface area contributed by atoms with Gasteiger partial charge in [0.15, 0.2) is 11.9 Å². The number of hydrogen-bond acceptors (Lipinski definition) is 4. The van der Waals surface area contributed by atoms with Gasteiger partial charge in [-0.3, -0.25) is 4.79 Å². The lowest BCUT2D eigenvalue weighted by molar-refractivity contribution is -0.129. The summed E-state index contributed by atoms with van der Waals surface area (Å²) < 4.78 is 5.59. The fourth-order valence-electron chi connectivity index (χ4n) is 3.48. The number of nitrogens with zero attached hydrogens (tertiary/aromatic N) is 1. The highest BCUT2D eigenvalue weighted by atomic mass is 16.5. The van der Waals surface area contributed by atoms with E-state index in [0.717, 1.165) is 40.6 Å². The molecule has 4 heteroatoms. The van der Waals surface area contributed by atoms with Gasteiger partial charge >= 0.3 is 5.97 Å². The number of carbonyl (C=O) groups is 2. The Balaban J connectivity index is 1.75. The summed E-state index contributed by atoms with van der Waals surface area (Å²) in [4.78, 5) is 29.7. The Morgan fingerprint density at radius 2 is 1.85 bits per heavy atom. The SMILES string of the molecule is Cc1ccc(-c2cc(C(=O)O[C@H]3CCCCC3=O)c3ccccc3n2)cc1. The first-order chi connectivity index (χ1) is 13.1. The summed E-state index contributed by atoms with van der Waals surface area (Å²) in [7, 11) is 0. The standard InChI is InChI=1S/C23H21NO3/c1-15-10-12-16(13-11-15)20-14-18(17-6-2-3-7-19(17)24-20)23(26)27-22-9-5-4-8-21(22)25/h2-3,6-7,10-14,22H,4-5,8-9H2,1H3/t22-/m0/s1. The number of hydrogen-bond donors (Lipinski definition) is 0. The first-order valence-electron chi connectivity index (χ1n) is 9.32. The third-order valence-electron chi connectivity index (χ3n) is 5.03. The molecule has 1 aliphatic rings. The normalized spacial score (nSPS) is 17.1. The van der Waals surface area contributed by atoms with Gasteiger partial charge in [-0.2, -0.15) is 0 Å². The number of para-hydroxylation sites is 1. The summed E-state index contributed by atoms with van der Waals surface area (Å²) in [5.74, 6) is -0.436. The van der Waals surface area contributed by atoms with Gasteiger partial charge in [0.25, 0.3) is 0 Å². The lowest BCUT2D eigenvalue weighted by Gasteiger charge is -2.21. The molecule has 2 aromatic carbocycles. The van der Waals surface area contributed by atoms with Crippen LogP contribution in [-0.2, 0) is 9.53 Å². The number of esters is 1. The monoisotopic (exact) mass is 359 g/mol. The summed E-state index contributed by atoms with van der Waals surface area (Å²) in [6, 6.07) is 17.3. The van der Waals surface area contributed by atoms with Crippen molar-refractivity contribution >= 4 is 22.7 Å². The summed E-state index contributed by atoms with van der Waals surface area (Å²) in [6.07, 6.45) is 2.26. The van der Waals surface area contributed by atoms with Crippen LogP contribution in [0.1, 0.15) is 41.6 Å². The first-order valence-corrected chi connectivity index (χ1v) is 9.32. The summed E-state index contributed by atoms with van der Waals surface area (Å²) in [5, 5.41) is 0.738. The Morgan fingerprint density at radius 1 is 1.07 bits per heavy atom. The number of fused-ring (bicyclic) bond motifs is 1. The summed E-state index contributed by atoms with van der Waals surface area (Å²) >= 11 is 0. The van der Waals surface area contributed by atoms with Crippen LogP contribution in [0.25, 0.3) is 22.2 Å². The smallest absolute Gasteiger partial charge is 0.339 e. The van der Waals surface area contributed by atoms with Crippen LogP contribution in [0, 0.1) is 6.92 Å². The number of carbonyl (C=O) groups excluding carboxylic acids is 2. The summed E-state index contributed by atoms with van der Waals surface area (Å²) in [5.41, 5.74) is 4.01. The Morgan fingerprint density at radius 3 is 2.63 bits per heavy atom.